The van der Waals surface area contributed by atoms with Crippen molar-refractivity contribution in [2.24, 2.45) is 0 Å². The molecule has 0 aliphatic carbocycles. The molecule has 1 aliphatic heterocycles. The summed E-state index contributed by atoms with van der Waals surface area (Å²) < 4.78 is 0. The predicted molar refractivity (Wildman–Crippen MR) is 90.1 cm³/mol. The lowest BCUT2D eigenvalue weighted by Gasteiger charge is -2.20. The normalized spacial score (nSPS) is 18.0. The summed E-state index contributed by atoms with van der Waals surface area (Å²) in [6.45, 7) is 1.35. The van der Waals surface area contributed by atoms with Crippen LogP contribution in [0, 0.1) is 0 Å². The lowest BCUT2D eigenvalue weighted by Crippen LogP contribution is -2.32. The van der Waals surface area contributed by atoms with Gasteiger partial charge in [-0.15, -0.1) is 0 Å². The summed E-state index contributed by atoms with van der Waals surface area (Å²) >= 11 is 0. The number of aromatic carboxylic acids is 1. The summed E-state index contributed by atoms with van der Waals surface area (Å²) in [5.74, 6) is -0.777. The number of likely N-dealkylation sites (tertiary alicyclic amines) is 1. The van der Waals surface area contributed by atoms with E-state index in [9.17, 15) is 9.59 Å². The first-order valence-corrected chi connectivity index (χ1v) is 8.18. The average Bonchev–Trinajstić information content (AvgIpc) is 2.88. The van der Waals surface area contributed by atoms with E-state index in [4.69, 9.17) is 5.11 Å². The second-order valence-electron chi connectivity index (χ2n) is 6.07. The van der Waals surface area contributed by atoms with Gasteiger partial charge in [0.25, 0.3) is 5.91 Å². The topological polar surface area (TPSA) is 70.5 Å². The maximum absolute atomic E-state index is 12.6. The largest absolute Gasteiger partial charge is 0.478 e. The molecule has 5 heteroatoms. The number of carboxylic acids is 1. The van der Waals surface area contributed by atoms with Gasteiger partial charge in [0.1, 0.15) is 5.69 Å². The number of rotatable bonds is 3. The van der Waals surface area contributed by atoms with Crippen molar-refractivity contribution in [1.82, 2.24) is 9.88 Å². The smallest absolute Gasteiger partial charge is 0.335 e. The third-order valence-corrected chi connectivity index (χ3v) is 4.51. The van der Waals surface area contributed by atoms with Crippen LogP contribution in [-0.2, 0) is 0 Å². The zero-order valence-corrected chi connectivity index (χ0v) is 13.4. The molecule has 0 bridgehead atoms. The molecular formula is C19H20N2O3. The zero-order valence-electron chi connectivity index (χ0n) is 13.4. The highest BCUT2D eigenvalue weighted by atomic mass is 16.4. The summed E-state index contributed by atoms with van der Waals surface area (Å²) in [4.78, 5) is 29.5. The van der Waals surface area contributed by atoms with Crippen LogP contribution in [0.3, 0.4) is 0 Å². The molecule has 0 radical (unpaired) electrons. The Morgan fingerprint density at radius 1 is 1.08 bits per heavy atom. The molecular weight excluding hydrogens is 304 g/mol. The van der Waals surface area contributed by atoms with Crippen LogP contribution in [0.2, 0.25) is 0 Å². The molecule has 0 saturated carbocycles. The summed E-state index contributed by atoms with van der Waals surface area (Å²) in [7, 11) is 0. The second-order valence-corrected chi connectivity index (χ2v) is 6.07. The van der Waals surface area contributed by atoms with Crippen LogP contribution in [0.4, 0.5) is 0 Å². The molecule has 1 aliphatic rings. The van der Waals surface area contributed by atoms with Gasteiger partial charge in [0.15, 0.2) is 0 Å². The SMILES string of the molecule is O=C(O)c1ccnc(C(=O)N2CCCC(c3ccccc3)CC2)c1. The van der Waals surface area contributed by atoms with Gasteiger partial charge in [-0.05, 0) is 42.9 Å². The molecule has 2 heterocycles. The third-order valence-electron chi connectivity index (χ3n) is 4.51. The maximum Gasteiger partial charge on any atom is 0.335 e. The highest BCUT2D eigenvalue weighted by molar-refractivity contribution is 5.95. The number of carbonyl (C=O) groups excluding carboxylic acids is 1. The number of hydrogen-bond acceptors (Lipinski definition) is 3. The molecule has 24 heavy (non-hydrogen) atoms. The molecule has 1 N–H and O–H groups in total. The van der Waals surface area contributed by atoms with Gasteiger partial charge in [-0.3, -0.25) is 9.78 Å². The van der Waals surface area contributed by atoms with Crippen molar-refractivity contribution in [1.29, 1.82) is 0 Å². The quantitative estimate of drug-likeness (QED) is 0.941. The second kappa shape index (κ2) is 7.25. The number of benzene rings is 1. The molecule has 5 nitrogen and oxygen atoms in total. The van der Waals surface area contributed by atoms with Crippen LogP contribution < -0.4 is 0 Å². The number of carbonyl (C=O) groups is 2. The average molecular weight is 324 g/mol. The Bertz CT molecular complexity index is 730. The Balaban J connectivity index is 1.71. The van der Waals surface area contributed by atoms with E-state index in [0.717, 1.165) is 19.3 Å². The van der Waals surface area contributed by atoms with Crippen molar-refractivity contribution < 1.29 is 14.7 Å². The van der Waals surface area contributed by atoms with E-state index in [1.807, 2.05) is 18.2 Å². The van der Waals surface area contributed by atoms with Crippen molar-refractivity contribution in [2.75, 3.05) is 13.1 Å². The predicted octanol–water partition coefficient (Wildman–Crippen LogP) is 3.19. The van der Waals surface area contributed by atoms with Crippen LogP contribution in [0.1, 0.15) is 51.6 Å². The number of carboxylic acid groups (broad SMARTS) is 1. The molecule has 1 fully saturated rings. The lowest BCUT2D eigenvalue weighted by atomic mass is 9.92. The van der Waals surface area contributed by atoms with E-state index in [1.165, 1.54) is 23.9 Å². The molecule has 3 rings (SSSR count). The van der Waals surface area contributed by atoms with E-state index in [0.29, 0.717) is 19.0 Å². The summed E-state index contributed by atoms with van der Waals surface area (Å²) in [5.41, 5.74) is 1.61. The molecule has 1 aromatic carbocycles. The molecule has 1 amide bonds. The molecule has 1 saturated heterocycles. The van der Waals surface area contributed by atoms with Gasteiger partial charge in [-0.1, -0.05) is 30.3 Å². The number of amides is 1. The van der Waals surface area contributed by atoms with Gasteiger partial charge in [0, 0.05) is 19.3 Å². The lowest BCUT2D eigenvalue weighted by molar-refractivity contribution is 0.0696. The number of nitrogens with zero attached hydrogens (tertiary/aromatic N) is 2. The zero-order chi connectivity index (χ0) is 16.9. The first-order chi connectivity index (χ1) is 11.6. The van der Waals surface area contributed by atoms with E-state index < -0.39 is 5.97 Å². The number of aromatic nitrogens is 1. The van der Waals surface area contributed by atoms with Crippen molar-refractivity contribution in [3.05, 3.63) is 65.5 Å². The number of hydrogen-bond donors (Lipinski definition) is 1. The van der Waals surface area contributed by atoms with E-state index in [2.05, 4.69) is 17.1 Å². The molecule has 2 aromatic rings. The Morgan fingerprint density at radius 2 is 1.88 bits per heavy atom. The Kier molecular flexibility index (Phi) is 4.89. The highest BCUT2D eigenvalue weighted by Crippen LogP contribution is 2.28. The van der Waals surface area contributed by atoms with Gasteiger partial charge in [0.05, 0.1) is 5.56 Å². The van der Waals surface area contributed by atoms with Crippen molar-refractivity contribution in [2.45, 2.75) is 25.2 Å². The third kappa shape index (κ3) is 3.62. The Labute approximate surface area is 140 Å². The fraction of sp³-hybridized carbons (Fsp3) is 0.316. The van der Waals surface area contributed by atoms with Crippen molar-refractivity contribution in [3.63, 3.8) is 0 Å². The van der Waals surface area contributed by atoms with Gasteiger partial charge in [-0.25, -0.2) is 4.79 Å². The summed E-state index contributed by atoms with van der Waals surface area (Å²) in [5, 5.41) is 9.05. The van der Waals surface area contributed by atoms with Crippen LogP contribution in [-0.4, -0.2) is 40.0 Å². The van der Waals surface area contributed by atoms with Crippen LogP contribution >= 0.6 is 0 Å². The van der Waals surface area contributed by atoms with E-state index in [1.54, 1.807) is 4.90 Å². The summed E-state index contributed by atoms with van der Waals surface area (Å²) in [6, 6.07) is 13.1. The minimum absolute atomic E-state index is 0.0883. The standard InChI is InChI=1S/C19H20N2O3/c22-18(17-13-16(19(23)24)8-10-20-17)21-11-4-7-15(9-12-21)14-5-2-1-3-6-14/h1-3,5-6,8,10,13,15H,4,7,9,11-12H2,(H,23,24). The van der Waals surface area contributed by atoms with E-state index in [-0.39, 0.29) is 17.2 Å². The number of pyridine rings is 1. The first-order valence-electron chi connectivity index (χ1n) is 8.18. The van der Waals surface area contributed by atoms with Crippen LogP contribution in [0.5, 0.6) is 0 Å². The molecule has 1 unspecified atom stereocenters. The van der Waals surface area contributed by atoms with Crippen LogP contribution in [0.15, 0.2) is 48.7 Å². The van der Waals surface area contributed by atoms with E-state index >= 15 is 0 Å². The van der Waals surface area contributed by atoms with Gasteiger partial charge in [-0.2, -0.15) is 0 Å². The fourth-order valence-electron chi connectivity index (χ4n) is 3.20. The summed E-state index contributed by atoms with van der Waals surface area (Å²) in [6.07, 6.45) is 4.27. The van der Waals surface area contributed by atoms with Gasteiger partial charge >= 0.3 is 5.97 Å². The van der Waals surface area contributed by atoms with Crippen LogP contribution in [0.25, 0.3) is 0 Å². The Morgan fingerprint density at radius 3 is 2.62 bits per heavy atom. The van der Waals surface area contributed by atoms with Crippen molar-refractivity contribution >= 4 is 11.9 Å². The molecule has 1 aromatic heterocycles. The minimum atomic E-state index is -1.05. The molecule has 1 atom stereocenters. The maximum atomic E-state index is 12.6. The first kappa shape index (κ1) is 16.2. The molecule has 124 valence electrons. The van der Waals surface area contributed by atoms with Gasteiger partial charge < -0.3 is 10.0 Å². The fourth-order valence-corrected chi connectivity index (χ4v) is 3.20. The molecule has 0 spiro atoms. The monoisotopic (exact) mass is 324 g/mol. The minimum Gasteiger partial charge on any atom is -0.478 e. The Hall–Kier alpha value is -2.69. The van der Waals surface area contributed by atoms with Crippen molar-refractivity contribution in [3.8, 4) is 0 Å². The van der Waals surface area contributed by atoms with Gasteiger partial charge in [0.2, 0.25) is 0 Å². The highest BCUT2D eigenvalue weighted by Gasteiger charge is 2.23.